The standard InChI is InChI=1S/C18H29ClN2O3S/c1-5-7-8-15(6-2)12-20-18(22)13-21(25(4,23)24)17-10-9-16(19)11-14(17)3/h9-11,15H,5-8,12-13H2,1-4H3,(H,20,22). The summed E-state index contributed by atoms with van der Waals surface area (Å²) in [5.74, 6) is 0.127. The molecule has 25 heavy (non-hydrogen) atoms. The van der Waals surface area contributed by atoms with E-state index in [1.165, 1.54) is 0 Å². The van der Waals surface area contributed by atoms with E-state index in [-0.39, 0.29) is 12.5 Å². The van der Waals surface area contributed by atoms with Crippen LogP contribution in [0.15, 0.2) is 18.2 Å². The van der Waals surface area contributed by atoms with Gasteiger partial charge >= 0.3 is 0 Å². The third-order valence-electron chi connectivity index (χ3n) is 4.25. The second kappa shape index (κ2) is 10.0. The average Bonchev–Trinajstić information content (AvgIpc) is 2.52. The monoisotopic (exact) mass is 388 g/mol. The highest BCUT2D eigenvalue weighted by atomic mass is 35.5. The van der Waals surface area contributed by atoms with E-state index >= 15 is 0 Å². The largest absolute Gasteiger partial charge is 0.354 e. The van der Waals surface area contributed by atoms with Crippen LogP contribution in [-0.2, 0) is 14.8 Å². The highest BCUT2D eigenvalue weighted by molar-refractivity contribution is 7.92. The lowest BCUT2D eigenvalue weighted by molar-refractivity contribution is -0.119. The fourth-order valence-electron chi connectivity index (χ4n) is 2.67. The predicted molar refractivity (Wildman–Crippen MR) is 105 cm³/mol. The number of halogens is 1. The first-order chi connectivity index (χ1) is 11.7. The molecule has 0 heterocycles. The van der Waals surface area contributed by atoms with Crippen LogP contribution in [0.3, 0.4) is 0 Å². The highest BCUT2D eigenvalue weighted by Gasteiger charge is 2.22. The number of anilines is 1. The molecule has 1 N–H and O–H groups in total. The van der Waals surface area contributed by atoms with Crippen LogP contribution in [-0.4, -0.2) is 33.7 Å². The van der Waals surface area contributed by atoms with Crippen molar-refractivity contribution in [1.82, 2.24) is 5.32 Å². The van der Waals surface area contributed by atoms with Crippen LogP contribution in [0.25, 0.3) is 0 Å². The zero-order chi connectivity index (χ0) is 19.0. The number of sulfonamides is 1. The van der Waals surface area contributed by atoms with Gasteiger partial charge in [0.15, 0.2) is 0 Å². The SMILES string of the molecule is CCCCC(CC)CNC(=O)CN(c1ccc(Cl)cc1C)S(C)(=O)=O. The Hall–Kier alpha value is -1.27. The van der Waals surface area contributed by atoms with Gasteiger partial charge in [0.05, 0.1) is 11.9 Å². The Kier molecular flexibility index (Phi) is 8.73. The Morgan fingerprint density at radius 3 is 2.52 bits per heavy atom. The van der Waals surface area contributed by atoms with Crippen molar-refractivity contribution in [3.8, 4) is 0 Å². The maximum absolute atomic E-state index is 12.3. The summed E-state index contributed by atoms with van der Waals surface area (Å²) in [7, 11) is -3.58. The lowest BCUT2D eigenvalue weighted by atomic mass is 9.99. The number of hydrogen-bond donors (Lipinski definition) is 1. The summed E-state index contributed by atoms with van der Waals surface area (Å²) >= 11 is 5.94. The van der Waals surface area contributed by atoms with Gasteiger partial charge in [-0.3, -0.25) is 9.10 Å². The van der Waals surface area contributed by atoms with Crippen LogP contribution < -0.4 is 9.62 Å². The number of hydrogen-bond acceptors (Lipinski definition) is 3. The van der Waals surface area contributed by atoms with Gasteiger partial charge in [-0.2, -0.15) is 0 Å². The van der Waals surface area contributed by atoms with E-state index in [9.17, 15) is 13.2 Å². The summed E-state index contributed by atoms with van der Waals surface area (Å²) in [4.78, 5) is 12.3. The molecule has 1 amide bonds. The van der Waals surface area contributed by atoms with Gasteiger partial charge in [-0.05, 0) is 43.0 Å². The minimum Gasteiger partial charge on any atom is -0.354 e. The summed E-state index contributed by atoms with van der Waals surface area (Å²) in [6.07, 6.45) is 5.42. The van der Waals surface area contributed by atoms with Crippen LogP contribution in [0, 0.1) is 12.8 Å². The van der Waals surface area contributed by atoms with Crippen molar-refractivity contribution in [3.63, 3.8) is 0 Å². The van der Waals surface area contributed by atoms with E-state index in [1.54, 1.807) is 25.1 Å². The van der Waals surface area contributed by atoms with Gasteiger partial charge < -0.3 is 5.32 Å². The molecule has 0 fully saturated rings. The lowest BCUT2D eigenvalue weighted by Gasteiger charge is -2.24. The predicted octanol–water partition coefficient (Wildman–Crippen LogP) is 3.75. The first-order valence-electron chi connectivity index (χ1n) is 8.69. The Morgan fingerprint density at radius 1 is 1.32 bits per heavy atom. The molecule has 0 radical (unpaired) electrons. The number of nitrogens with one attached hydrogen (secondary N) is 1. The third kappa shape index (κ3) is 7.24. The molecule has 1 aromatic rings. The Labute approximate surface area is 156 Å². The molecular weight excluding hydrogens is 360 g/mol. The molecule has 0 aliphatic rings. The molecular formula is C18H29ClN2O3S. The molecule has 0 aliphatic heterocycles. The average molecular weight is 389 g/mol. The Bertz CT molecular complexity index is 677. The minimum atomic E-state index is -3.58. The van der Waals surface area contributed by atoms with Crippen molar-refractivity contribution in [2.24, 2.45) is 5.92 Å². The van der Waals surface area contributed by atoms with Gasteiger partial charge in [-0.25, -0.2) is 8.42 Å². The van der Waals surface area contributed by atoms with Gasteiger partial charge in [0.25, 0.3) is 0 Å². The van der Waals surface area contributed by atoms with Crippen LogP contribution in [0.2, 0.25) is 5.02 Å². The van der Waals surface area contributed by atoms with Gasteiger partial charge in [-0.15, -0.1) is 0 Å². The van der Waals surface area contributed by atoms with E-state index in [0.717, 1.165) is 36.2 Å². The molecule has 0 saturated heterocycles. The van der Waals surface area contributed by atoms with E-state index < -0.39 is 10.0 Å². The van der Waals surface area contributed by atoms with Crippen molar-refractivity contribution in [2.45, 2.75) is 46.5 Å². The van der Waals surface area contributed by atoms with Crippen LogP contribution in [0.1, 0.15) is 45.1 Å². The topological polar surface area (TPSA) is 66.5 Å². The molecule has 7 heteroatoms. The van der Waals surface area contributed by atoms with Crippen molar-refractivity contribution < 1.29 is 13.2 Å². The molecule has 0 saturated carbocycles. The summed E-state index contributed by atoms with van der Waals surface area (Å²) in [6.45, 7) is 6.36. The molecule has 0 aliphatic carbocycles. The van der Waals surface area contributed by atoms with E-state index in [4.69, 9.17) is 11.6 Å². The number of aryl methyl sites for hydroxylation is 1. The van der Waals surface area contributed by atoms with Crippen molar-refractivity contribution in [2.75, 3.05) is 23.7 Å². The fraction of sp³-hybridized carbons (Fsp3) is 0.611. The maximum atomic E-state index is 12.3. The molecule has 0 aromatic heterocycles. The molecule has 1 unspecified atom stereocenters. The number of carbonyl (C=O) groups is 1. The first kappa shape index (κ1) is 21.8. The highest BCUT2D eigenvalue weighted by Crippen LogP contribution is 2.25. The maximum Gasteiger partial charge on any atom is 0.240 e. The Morgan fingerprint density at radius 2 is 2.00 bits per heavy atom. The minimum absolute atomic E-state index is 0.231. The van der Waals surface area contributed by atoms with Gasteiger partial charge in [0.2, 0.25) is 15.9 Å². The van der Waals surface area contributed by atoms with Crippen molar-refractivity contribution in [3.05, 3.63) is 28.8 Å². The number of nitrogens with zero attached hydrogens (tertiary/aromatic N) is 1. The molecule has 0 spiro atoms. The summed E-state index contributed by atoms with van der Waals surface area (Å²) < 4.78 is 25.4. The molecule has 1 aromatic carbocycles. The lowest BCUT2D eigenvalue weighted by Crippen LogP contribution is -2.42. The fourth-order valence-corrected chi connectivity index (χ4v) is 3.81. The van der Waals surface area contributed by atoms with E-state index in [0.29, 0.717) is 28.7 Å². The van der Waals surface area contributed by atoms with Crippen molar-refractivity contribution >= 4 is 33.2 Å². The number of amides is 1. The van der Waals surface area contributed by atoms with Gasteiger partial charge in [0.1, 0.15) is 6.54 Å². The molecule has 0 bridgehead atoms. The summed E-state index contributed by atoms with van der Waals surface area (Å²) in [5, 5.41) is 3.40. The number of benzene rings is 1. The molecule has 142 valence electrons. The second-order valence-electron chi connectivity index (χ2n) is 6.42. The van der Waals surface area contributed by atoms with E-state index in [2.05, 4.69) is 19.2 Å². The summed E-state index contributed by atoms with van der Waals surface area (Å²) in [5.41, 5.74) is 1.18. The van der Waals surface area contributed by atoms with Crippen LogP contribution in [0.4, 0.5) is 5.69 Å². The first-order valence-corrected chi connectivity index (χ1v) is 10.9. The van der Waals surface area contributed by atoms with Gasteiger partial charge in [-0.1, -0.05) is 44.7 Å². The number of unbranched alkanes of at least 4 members (excludes halogenated alkanes) is 1. The summed E-state index contributed by atoms with van der Waals surface area (Å²) in [6, 6.07) is 4.94. The van der Waals surface area contributed by atoms with E-state index in [1.807, 2.05) is 0 Å². The normalized spacial score (nSPS) is 12.7. The number of carbonyl (C=O) groups excluding carboxylic acids is 1. The molecule has 5 nitrogen and oxygen atoms in total. The van der Waals surface area contributed by atoms with Crippen LogP contribution >= 0.6 is 11.6 Å². The molecule has 1 atom stereocenters. The van der Waals surface area contributed by atoms with Gasteiger partial charge in [0, 0.05) is 11.6 Å². The second-order valence-corrected chi connectivity index (χ2v) is 8.76. The smallest absolute Gasteiger partial charge is 0.240 e. The Balaban J connectivity index is 2.81. The van der Waals surface area contributed by atoms with Crippen LogP contribution in [0.5, 0.6) is 0 Å². The third-order valence-corrected chi connectivity index (χ3v) is 5.61. The van der Waals surface area contributed by atoms with Crippen molar-refractivity contribution in [1.29, 1.82) is 0 Å². The zero-order valence-corrected chi connectivity index (χ0v) is 17.1. The zero-order valence-electron chi connectivity index (χ0n) is 15.5. The quantitative estimate of drug-likeness (QED) is 0.663. The number of rotatable bonds is 10. The molecule has 1 rings (SSSR count).